The van der Waals surface area contributed by atoms with Gasteiger partial charge >= 0.3 is 0 Å². The molecule has 1 saturated heterocycles. The smallest absolute Gasteiger partial charge is 0.123 e. The predicted molar refractivity (Wildman–Crippen MR) is 68.1 cm³/mol. The maximum atomic E-state index is 13.2. The second kappa shape index (κ2) is 5.67. The molecule has 1 fully saturated rings. The SMILES string of the molecule is CC1CC(NC(C)c2cc(F)ccc2O)CCO1. The highest BCUT2D eigenvalue weighted by Gasteiger charge is 2.22. The first-order valence-corrected chi connectivity index (χ1v) is 6.42. The zero-order valence-corrected chi connectivity index (χ0v) is 10.8. The van der Waals surface area contributed by atoms with Gasteiger partial charge in [0.05, 0.1) is 6.10 Å². The minimum Gasteiger partial charge on any atom is -0.508 e. The topological polar surface area (TPSA) is 41.5 Å². The molecule has 1 aliphatic rings. The molecule has 4 heteroatoms. The van der Waals surface area contributed by atoms with Gasteiger partial charge in [-0.2, -0.15) is 0 Å². The van der Waals surface area contributed by atoms with Crippen LogP contribution in [0, 0.1) is 5.82 Å². The standard InChI is InChI=1S/C14H20FNO2/c1-9-7-12(5-6-18-9)16-10(2)13-8-11(15)3-4-14(13)17/h3-4,8-10,12,16-17H,5-7H2,1-2H3. The lowest BCUT2D eigenvalue weighted by Gasteiger charge is -2.30. The lowest BCUT2D eigenvalue weighted by atomic mass is 10.0. The minimum absolute atomic E-state index is 0.0731. The normalized spacial score (nSPS) is 25.9. The zero-order chi connectivity index (χ0) is 13.1. The quantitative estimate of drug-likeness (QED) is 0.870. The number of halogens is 1. The molecule has 3 nitrogen and oxygen atoms in total. The van der Waals surface area contributed by atoms with Crippen LogP contribution < -0.4 is 5.32 Å². The minimum atomic E-state index is -0.322. The molecular weight excluding hydrogens is 233 g/mol. The van der Waals surface area contributed by atoms with Crippen LogP contribution in [0.5, 0.6) is 5.75 Å². The Morgan fingerprint density at radius 1 is 1.50 bits per heavy atom. The van der Waals surface area contributed by atoms with Crippen molar-refractivity contribution in [1.29, 1.82) is 0 Å². The Morgan fingerprint density at radius 2 is 2.28 bits per heavy atom. The highest BCUT2D eigenvalue weighted by atomic mass is 19.1. The summed E-state index contributed by atoms with van der Waals surface area (Å²) in [7, 11) is 0. The average Bonchev–Trinajstić information content (AvgIpc) is 2.32. The lowest BCUT2D eigenvalue weighted by Crippen LogP contribution is -2.39. The second-order valence-corrected chi connectivity index (χ2v) is 4.99. The van der Waals surface area contributed by atoms with Crippen molar-refractivity contribution in [2.45, 2.75) is 44.9 Å². The van der Waals surface area contributed by atoms with Gasteiger partial charge in [0.15, 0.2) is 0 Å². The molecule has 0 spiro atoms. The molecule has 0 radical (unpaired) electrons. The first-order valence-electron chi connectivity index (χ1n) is 6.42. The van der Waals surface area contributed by atoms with E-state index in [2.05, 4.69) is 12.2 Å². The van der Waals surface area contributed by atoms with Crippen molar-refractivity contribution in [1.82, 2.24) is 5.32 Å². The molecule has 100 valence electrons. The van der Waals surface area contributed by atoms with Gasteiger partial charge in [0, 0.05) is 24.3 Å². The molecule has 0 saturated carbocycles. The largest absolute Gasteiger partial charge is 0.508 e. The van der Waals surface area contributed by atoms with E-state index in [1.54, 1.807) is 0 Å². The first-order chi connectivity index (χ1) is 8.56. The molecule has 3 atom stereocenters. The van der Waals surface area contributed by atoms with Crippen LogP contribution in [-0.2, 0) is 4.74 Å². The molecule has 2 rings (SSSR count). The fourth-order valence-electron chi connectivity index (χ4n) is 2.46. The first kappa shape index (κ1) is 13.3. The summed E-state index contributed by atoms with van der Waals surface area (Å²) in [4.78, 5) is 0. The van der Waals surface area contributed by atoms with E-state index in [9.17, 15) is 9.50 Å². The van der Waals surface area contributed by atoms with Crippen molar-refractivity contribution in [3.05, 3.63) is 29.6 Å². The predicted octanol–water partition coefficient (Wildman–Crippen LogP) is 2.75. The number of ether oxygens (including phenoxy) is 1. The Balaban J connectivity index is 2.02. The summed E-state index contributed by atoms with van der Waals surface area (Å²) in [6, 6.07) is 4.33. The van der Waals surface area contributed by atoms with Crippen LogP contribution in [0.15, 0.2) is 18.2 Å². The number of hydrogen-bond donors (Lipinski definition) is 2. The maximum absolute atomic E-state index is 13.2. The molecule has 0 aliphatic carbocycles. The lowest BCUT2D eigenvalue weighted by molar-refractivity contribution is 0.0115. The monoisotopic (exact) mass is 253 g/mol. The van der Waals surface area contributed by atoms with Crippen molar-refractivity contribution in [2.24, 2.45) is 0 Å². The third-order valence-electron chi connectivity index (χ3n) is 3.43. The van der Waals surface area contributed by atoms with Gasteiger partial charge in [-0.15, -0.1) is 0 Å². The number of nitrogens with one attached hydrogen (secondary N) is 1. The van der Waals surface area contributed by atoms with Gasteiger partial charge in [0.2, 0.25) is 0 Å². The Kier molecular flexibility index (Phi) is 4.19. The number of aromatic hydroxyl groups is 1. The Hall–Kier alpha value is -1.13. The van der Waals surface area contributed by atoms with Crippen molar-refractivity contribution in [3.63, 3.8) is 0 Å². The van der Waals surface area contributed by atoms with Crippen LogP contribution >= 0.6 is 0 Å². The third-order valence-corrected chi connectivity index (χ3v) is 3.43. The molecule has 1 aliphatic heterocycles. The molecule has 2 N–H and O–H groups in total. The van der Waals surface area contributed by atoms with Gasteiger partial charge in [-0.3, -0.25) is 0 Å². The summed E-state index contributed by atoms with van der Waals surface area (Å²) in [5, 5.41) is 13.2. The van der Waals surface area contributed by atoms with Gasteiger partial charge in [0.1, 0.15) is 11.6 Å². The number of phenols is 1. The molecule has 1 aromatic rings. The van der Waals surface area contributed by atoms with E-state index >= 15 is 0 Å². The Labute approximate surface area is 107 Å². The van der Waals surface area contributed by atoms with Gasteiger partial charge in [-0.05, 0) is 44.9 Å². The summed E-state index contributed by atoms with van der Waals surface area (Å²) in [5.41, 5.74) is 0.606. The summed E-state index contributed by atoms with van der Waals surface area (Å²) in [5.74, 6) is -0.187. The van der Waals surface area contributed by atoms with Gasteiger partial charge in [-0.25, -0.2) is 4.39 Å². The summed E-state index contributed by atoms with van der Waals surface area (Å²) in [6.45, 7) is 4.74. The van der Waals surface area contributed by atoms with E-state index in [4.69, 9.17) is 4.74 Å². The number of phenolic OH excluding ortho intramolecular Hbond substituents is 1. The molecule has 0 amide bonds. The fourth-order valence-corrected chi connectivity index (χ4v) is 2.46. The molecular formula is C14H20FNO2. The third kappa shape index (κ3) is 3.21. The molecule has 18 heavy (non-hydrogen) atoms. The fraction of sp³-hybridized carbons (Fsp3) is 0.571. The zero-order valence-electron chi connectivity index (χ0n) is 10.8. The van der Waals surface area contributed by atoms with Crippen LogP contribution in [0.3, 0.4) is 0 Å². The molecule has 1 aromatic carbocycles. The van der Waals surface area contributed by atoms with E-state index in [0.29, 0.717) is 11.6 Å². The molecule has 0 bridgehead atoms. The molecule has 0 aromatic heterocycles. The number of rotatable bonds is 3. The Morgan fingerprint density at radius 3 is 3.00 bits per heavy atom. The van der Waals surface area contributed by atoms with E-state index in [1.165, 1.54) is 18.2 Å². The van der Waals surface area contributed by atoms with E-state index in [-0.39, 0.29) is 23.7 Å². The Bertz CT molecular complexity index is 411. The van der Waals surface area contributed by atoms with Crippen LogP contribution in [0.2, 0.25) is 0 Å². The molecule has 3 unspecified atom stereocenters. The van der Waals surface area contributed by atoms with Crippen LogP contribution in [0.1, 0.15) is 38.3 Å². The van der Waals surface area contributed by atoms with Crippen molar-refractivity contribution in [2.75, 3.05) is 6.61 Å². The summed E-state index contributed by atoms with van der Waals surface area (Å²) >= 11 is 0. The number of benzene rings is 1. The van der Waals surface area contributed by atoms with Gasteiger partial charge in [-0.1, -0.05) is 0 Å². The maximum Gasteiger partial charge on any atom is 0.123 e. The van der Waals surface area contributed by atoms with Crippen molar-refractivity contribution >= 4 is 0 Å². The van der Waals surface area contributed by atoms with E-state index in [1.807, 2.05) is 6.92 Å². The van der Waals surface area contributed by atoms with Crippen LogP contribution in [0.4, 0.5) is 4.39 Å². The van der Waals surface area contributed by atoms with Gasteiger partial charge < -0.3 is 15.2 Å². The van der Waals surface area contributed by atoms with Crippen molar-refractivity contribution < 1.29 is 14.2 Å². The average molecular weight is 253 g/mol. The second-order valence-electron chi connectivity index (χ2n) is 4.99. The summed E-state index contributed by atoms with van der Waals surface area (Å²) < 4.78 is 18.7. The summed E-state index contributed by atoms with van der Waals surface area (Å²) in [6.07, 6.45) is 2.15. The molecule has 1 heterocycles. The highest BCUT2D eigenvalue weighted by Crippen LogP contribution is 2.26. The van der Waals surface area contributed by atoms with Crippen LogP contribution in [0.25, 0.3) is 0 Å². The van der Waals surface area contributed by atoms with Crippen molar-refractivity contribution in [3.8, 4) is 5.75 Å². The van der Waals surface area contributed by atoms with E-state index < -0.39 is 0 Å². The van der Waals surface area contributed by atoms with Gasteiger partial charge in [0.25, 0.3) is 0 Å². The van der Waals surface area contributed by atoms with E-state index in [0.717, 1.165) is 19.4 Å². The highest BCUT2D eigenvalue weighted by molar-refractivity contribution is 5.34. The number of hydrogen-bond acceptors (Lipinski definition) is 3. The van der Waals surface area contributed by atoms with Crippen LogP contribution in [-0.4, -0.2) is 23.9 Å².